The normalized spacial score (nSPS) is 13.7. The fourth-order valence-electron chi connectivity index (χ4n) is 2.50. The molecule has 0 bridgehead atoms. The molecule has 1 aromatic rings. The Labute approximate surface area is 139 Å². The first-order chi connectivity index (χ1) is 11.3. The minimum Gasteiger partial charge on any atom is -0.488 e. The van der Waals surface area contributed by atoms with Gasteiger partial charge in [0.25, 0.3) is 0 Å². The molecule has 0 fully saturated rings. The van der Waals surface area contributed by atoms with Gasteiger partial charge in [0.15, 0.2) is 11.6 Å². The largest absolute Gasteiger partial charge is 0.488 e. The number of allylic oxidation sites excluding steroid dienone is 4. The summed E-state index contributed by atoms with van der Waals surface area (Å²) in [5, 5.41) is 3.27. The summed E-state index contributed by atoms with van der Waals surface area (Å²) >= 11 is 0. The van der Waals surface area contributed by atoms with Crippen LogP contribution in [-0.2, 0) is 0 Å². The van der Waals surface area contributed by atoms with Crippen molar-refractivity contribution in [3.8, 4) is 5.75 Å². The number of unbranched alkanes of at least 4 members (excludes halogenated alkanes) is 2. The molecule has 0 saturated carbocycles. The molecular formula is C18H28N4O. The van der Waals surface area contributed by atoms with E-state index >= 15 is 0 Å². The lowest BCUT2D eigenvalue weighted by atomic mass is 10.00. The van der Waals surface area contributed by atoms with E-state index in [0.717, 1.165) is 38.6 Å². The highest BCUT2D eigenvalue weighted by Crippen LogP contribution is 2.22. The minimum absolute atomic E-state index is 0.272. The smallest absolute Gasteiger partial charge is 0.222 e. The van der Waals surface area contributed by atoms with Crippen molar-refractivity contribution in [2.24, 2.45) is 0 Å². The van der Waals surface area contributed by atoms with Crippen LogP contribution in [0.4, 0.5) is 11.8 Å². The Bertz CT molecular complexity index is 540. The van der Waals surface area contributed by atoms with Gasteiger partial charge in [-0.15, -0.1) is 0 Å². The highest BCUT2D eigenvalue weighted by molar-refractivity contribution is 5.51. The number of nitrogens with zero attached hydrogens (tertiary/aromatic N) is 2. The van der Waals surface area contributed by atoms with Crippen LogP contribution >= 0.6 is 0 Å². The predicted molar refractivity (Wildman–Crippen MR) is 95.6 cm³/mol. The molecule has 1 aliphatic carbocycles. The van der Waals surface area contributed by atoms with Crippen LogP contribution in [0.5, 0.6) is 5.75 Å². The van der Waals surface area contributed by atoms with E-state index in [9.17, 15) is 0 Å². The van der Waals surface area contributed by atoms with Gasteiger partial charge in [0.05, 0.1) is 12.8 Å². The SMILES string of the molecule is CCCCNc1nc(N)ncc1OCCCCC1=CC=CCC1. The third-order valence-corrected chi connectivity index (χ3v) is 3.85. The Hall–Kier alpha value is -2.04. The molecule has 1 heterocycles. The monoisotopic (exact) mass is 316 g/mol. The van der Waals surface area contributed by atoms with Crippen molar-refractivity contribution in [2.75, 3.05) is 24.2 Å². The number of nitrogens with two attached hydrogens (primary N) is 1. The van der Waals surface area contributed by atoms with E-state index in [2.05, 4.69) is 40.4 Å². The van der Waals surface area contributed by atoms with Crippen LogP contribution in [0, 0.1) is 0 Å². The maximum Gasteiger partial charge on any atom is 0.222 e. The lowest BCUT2D eigenvalue weighted by molar-refractivity contribution is 0.306. The lowest BCUT2D eigenvalue weighted by Gasteiger charge is -2.12. The van der Waals surface area contributed by atoms with E-state index in [-0.39, 0.29) is 5.95 Å². The quantitative estimate of drug-likeness (QED) is 0.636. The van der Waals surface area contributed by atoms with Crippen molar-refractivity contribution in [2.45, 2.75) is 51.9 Å². The number of ether oxygens (including phenoxy) is 1. The van der Waals surface area contributed by atoms with Gasteiger partial charge in [-0.05, 0) is 38.5 Å². The molecule has 0 aromatic carbocycles. The summed E-state index contributed by atoms with van der Waals surface area (Å²) < 4.78 is 5.84. The number of rotatable bonds is 10. The third kappa shape index (κ3) is 6.30. The second-order valence-corrected chi connectivity index (χ2v) is 5.82. The van der Waals surface area contributed by atoms with E-state index in [0.29, 0.717) is 18.2 Å². The van der Waals surface area contributed by atoms with E-state index in [4.69, 9.17) is 10.5 Å². The summed E-state index contributed by atoms with van der Waals surface area (Å²) in [5.74, 6) is 1.66. The lowest BCUT2D eigenvalue weighted by Crippen LogP contribution is -2.09. The van der Waals surface area contributed by atoms with Crippen molar-refractivity contribution >= 4 is 11.8 Å². The Morgan fingerprint density at radius 2 is 2.22 bits per heavy atom. The van der Waals surface area contributed by atoms with Gasteiger partial charge < -0.3 is 15.8 Å². The van der Waals surface area contributed by atoms with Crippen LogP contribution in [0.15, 0.2) is 30.0 Å². The van der Waals surface area contributed by atoms with Gasteiger partial charge in [0.2, 0.25) is 5.95 Å². The highest BCUT2D eigenvalue weighted by atomic mass is 16.5. The Morgan fingerprint density at radius 1 is 1.30 bits per heavy atom. The molecule has 0 saturated heterocycles. The first kappa shape index (κ1) is 17.3. The standard InChI is InChI=1S/C18H28N4O/c1-2-3-12-20-17-16(14-21-18(19)22-17)23-13-8-7-11-15-9-5-4-6-10-15/h4-5,9,14H,2-3,6-8,10-13H2,1H3,(H3,19,20,21,22). The van der Waals surface area contributed by atoms with Gasteiger partial charge in [0, 0.05) is 6.54 Å². The average Bonchev–Trinajstić information content (AvgIpc) is 2.57. The molecule has 1 aliphatic rings. The fourth-order valence-corrected chi connectivity index (χ4v) is 2.50. The number of hydrogen-bond donors (Lipinski definition) is 2. The first-order valence-electron chi connectivity index (χ1n) is 8.63. The van der Waals surface area contributed by atoms with Gasteiger partial charge in [-0.2, -0.15) is 4.98 Å². The predicted octanol–water partition coefficient (Wildman–Crippen LogP) is 4.10. The maximum atomic E-state index is 5.84. The van der Waals surface area contributed by atoms with Gasteiger partial charge >= 0.3 is 0 Å². The summed E-state index contributed by atoms with van der Waals surface area (Å²) in [7, 11) is 0. The second kappa shape index (κ2) is 9.87. The zero-order chi connectivity index (χ0) is 16.3. The molecular weight excluding hydrogens is 288 g/mol. The highest BCUT2D eigenvalue weighted by Gasteiger charge is 2.07. The summed E-state index contributed by atoms with van der Waals surface area (Å²) in [6.45, 7) is 3.70. The summed E-state index contributed by atoms with van der Waals surface area (Å²) in [6, 6.07) is 0. The van der Waals surface area contributed by atoms with Gasteiger partial charge in [-0.1, -0.05) is 37.1 Å². The molecule has 0 aliphatic heterocycles. The molecule has 0 spiro atoms. The van der Waals surface area contributed by atoms with Crippen molar-refractivity contribution in [3.05, 3.63) is 30.0 Å². The Kier molecular flexibility index (Phi) is 7.43. The minimum atomic E-state index is 0.272. The molecule has 0 amide bonds. The molecule has 0 radical (unpaired) electrons. The number of nitrogen functional groups attached to an aromatic ring is 1. The molecule has 2 rings (SSSR count). The molecule has 0 atom stereocenters. The van der Waals surface area contributed by atoms with E-state index in [1.807, 2.05) is 0 Å². The van der Waals surface area contributed by atoms with Crippen LogP contribution in [0.3, 0.4) is 0 Å². The molecule has 5 nitrogen and oxygen atoms in total. The van der Waals surface area contributed by atoms with Crippen molar-refractivity contribution in [3.63, 3.8) is 0 Å². The maximum absolute atomic E-state index is 5.84. The van der Waals surface area contributed by atoms with E-state index in [1.165, 1.54) is 12.8 Å². The molecule has 126 valence electrons. The van der Waals surface area contributed by atoms with Gasteiger partial charge in [0.1, 0.15) is 0 Å². The number of nitrogens with one attached hydrogen (secondary N) is 1. The van der Waals surface area contributed by atoms with Crippen LogP contribution in [-0.4, -0.2) is 23.1 Å². The van der Waals surface area contributed by atoms with E-state index < -0.39 is 0 Å². The zero-order valence-electron chi connectivity index (χ0n) is 14.1. The van der Waals surface area contributed by atoms with Crippen molar-refractivity contribution in [1.82, 2.24) is 9.97 Å². The van der Waals surface area contributed by atoms with Gasteiger partial charge in [-0.25, -0.2) is 4.98 Å². The van der Waals surface area contributed by atoms with Crippen LogP contribution in [0.25, 0.3) is 0 Å². The van der Waals surface area contributed by atoms with Gasteiger partial charge in [-0.3, -0.25) is 0 Å². The summed E-state index contributed by atoms with van der Waals surface area (Å²) in [5.41, 5.74) is 7.21. The van der Waals surface area contributed by atoms with Crippen LogP contribution in [0.1, 0.15) is 51.9 Å². The van der Waals surface area contributed by atoms with Crippen LogP contribution in [0.2, 0.25) is 0 Å². The number of anilines is 2. The van der Waals surface area contributed by atoms with E-state index in [1.54, 1.807) is 11.8 Å². The zero-order valence-corrected chi connectivity index (χ0v) is 14.1. The first-order valence-corrected chi connectivity index (χ1v) is 8.63. The Balaban J connectivity index is 1.73. The molecule has 1 aromatic heterocycles. The molecule has 0 unspecified atom stereocenters. The molecule has 5 heteroatoms. The average molecular weight is 316 g/mol. The summed E-state index contributed by atoms with van der Waals surface area (Å²) in [6.07, 6.45) is 16.2. The third-order valence-electron chi connectivity index (χ3n) is 3.85. The van der Waals surface area contributed by atoms with Crippen molar-refractivity contribution in [1.29, 1.82) is 0 Å². The fraction of sp³-hybridized carbons (Fsp3) is 0.556. The van der Waals surface area contributed by atoms with Crippen LogP contribution < -0.4 is 15.8 Å². The summed E-state index contributed by atoms with van der Waals surface area (Å²) in [4.78, 5) is 8.26. The number of aromatic nitrogens is 2. The Morgan fingerprint density at radius 3 is 3.00 bits per heavy atom. The topological polar surface area (TPSA) is 73.1 Å². The molecule has 23 heavy (non-hydrogen) atoms. The molecule has 3 N–H and O–H groups in total. The number of hydrogen-bond acceptors (Lipinski definition) is 5. The van der Waals surface area contributed by atoms with Crippen molar-refractivity contribution < 1.29 is 4.74 Å². The second-order valence-electron chi connectivity index (χ2n) is 5.82.